The molecule has 0 amide bonds. The van der Waals surface area contributed by atoms with E-state index in [0.717, 1.165) is 5.69 Å². The molecule has 0 aliphatic carbocycles. The highest BCUT2D eigenvalue weighted by Crippen LogP contribution is 2.29. The van der Waals surface area contributed by atoms with Gasteiger partial charge in [0, 0.05) is 7.05 Å². The van der Waals surface area contributed by atoms with Crippen LogP contribution in [-0.4, -0.2) is 12.1 Å². The van der Waals surface area contributed by atoms with Crippen LogP contribution in [0.15, 0.2) is 60.7 Å². The van der Waals surface area contributed by atoms with Crippen LogP contribution in [0, 0.1) is 6.54 Å². The number of likely N-dealkylation sites (N-methyl/N-ethyl adjacent to an activating group) is 1. The van der Waals surface area contributed by atoms with Crippen LogP contribution in [0.25, 0.3) is 0 Å². The maximum Gasteiger partial charge on any atom is 0.137 e. The number of rotatable bonds is 2. The Morgan fingerprint density at radius 1 is 0.944 bits per heavy atom. The van der Waals surface area contributed by atoms with Crippen LogP contribution >= 0.6 is 0 Å². The lowest BCUT2D eigenvalue weighted by Gasteiger charge is -2.18. The van der Waals surface area contributed by atoms with E-state index in [0.29, 0.717) is 0 Å². The maximum atomic E-state index is 3.42. The number of hydrogen-bond acceptors (Lipinski definition) is 3. The minimum Gasteiger partial charge on any atom is -0.281 e. The summed E-state index contributed by atoms with van der Waals surface area (Å²) in [6.07, 6.45) is 0. The fraction of sp³-hybridized carbons (Fsp3) is 0.133. The van der Waals surface area contributed by atoms with Gasteiger partial charge < -0.3 is 0 Å². The summed E-state index contributed by atoms with van der Waals surface area (Å²) in [4.78, 5) is 0. The second kappa shape index (κ2) is 4.80. The molecule has 2 aromatic carbocycles. The largest absolute Gasteiger partial charge is 0.281 e. The average Bonchev–Trinajstić information content (AvgIpc) is 2.83. The highest BCUT2D eigenvalue weighted by atomic mass is 15.8. The molecule has 2 aromatic rings. The molecule has 1 atom stereocenters. The smallest absolute Gasteiger partial charge is 0.137 e. The van der Waals surface area contributed by atoms with E-state index in [1.54, 1.807) is 0 Å². The standard InChI is InChI=1S/C15H15N3/c1-17-15(13-8-4-2-5-9-13)12-18(16-17)14-10-6-3-7-11-14/h2-11,15-16H,1H3. The molecular formula is C15H15N3. The molecule has 1 unspecified atom stereocenters. The van der Waals surface area contributed by atoms with Crippen molar-refractivity contribution in [3.05, 3.63) is 72.8 Å². The zero-order chi connectivity index (χ0) is 12.4. The zero-order valence-electron chi connectivity index (χ0n) is 10.2. The lowest BCUT2D eigenvalue weighted by Crippen LogP contribution is -2.36. The van der Waals surface area contributed by atoms with E-state index in [4.69, 9.17) is 0 Å². The van der Waals surface area contributed by atoms with Gasteiger partial charge in [-0.15, -0.1) is 0 Å². The van der Waals surface area contributed by atoms with Gasteiger partial charge in [-0.05, 0) is 17.7 Å². The number of hydrazine groups is 2. The van der Waals surface area contributed by atoms with Crippen molar-refractivity contribution >= 4 is 5.69 Å². The lowest BCUT2D eigenvalue weighted by atomic mass is 10.1. The van der Waals surface area contributed by atoms with Crippen molar-refractivity contribution in [2.45, 2.75) is 6.04 Å². The average molecular weight is 237 g/mol. The third-order valence-electron chi connectivity index (χ3n) is 3.03. The molecule has 1 N–H and O–H groups in total. The summed E-state index contributed by atoms with van der Waals surface area (Å²) < 4.78 is 0. The third-order valence-corrected chi connectivity index (χ3v) is 3.03. The van der Waals surface area contributed by atoms with Crippen LogP contribution in [0.4, 0.5) is 5.69 Å². The predicted octanol–water partition coefficient (Wildman–Crippen LogP) is 2.64. The monoisotopic (exact) mass is 237 g/mol. The molecule has 0 bridgehead atoms. The molecule has 0 saturated carbocycles. The summed E-state index contributed by atoms with van der Waals surface area (Å²) in [6, 6.07) is 20.7. The summed E-state index contributed by atoms with van der Waals surface area (Å²) in [7, 11) is 2.02. The molecule has 1 fully saturated rings. The van der Waals surface area contributed by atoms with Crippen molar-refractivity contribution in [3.8, 4) is 0 Å². The SMILES string of the molecule is CN1NN(c2ccccc2)[C]C1c1ccccc1. The van der Waals surface area contributed by atoms with Gasteiger partial charge >= 0.3 is 0 Å². The van der Waals surface area contributed by atoms with E-state index in [-0.39, 0.29) is 6.04 Å². The van der Waals surface area contributed by atoms with Crippen molar-refractivity contribution < 1.29 is 0 Å². The van der Waals surface area contributed by atoms with E-state index in [1.165, 1.54) is 5.56 Å². The van der Waals surface area contributed by atoms with Gasteiger partial charge in [-0.3, -0.25) is 5.01 Å². The van der Waals surface area contributed by atoms with Gasteiger partial charge in [-0.1, -0.05) is 48.5 Å². The Labute approximate surface area is 108 Å². The van der Waals surface area contributed by atoms with Crippen molar-refractivity contribution in [2.24, 2.45) is 0 Å². The quantitative estimate of drug-likeness (QED) is 0.866. The Balaban J connectivity index is 1.81. The molecular weight excluding hydrogens is 222 g/mol. The Kier molecular flexibility index (Phi) is 3.00. The fourth-order valence-corrected chi connectivity index (χ4v) is 2.10. The van der Waals surface area contributed by atoms with Crippen LogP contribution in [0.1, 0.15) is 11.6 Å². The molecule has 90 valence electrons. The van der Waals surface area contributed by atoms with Gasteiger partial charge in [0.1, 0.15) is 6.54 Å². The zero-order valence-corrected chi connectivity index (χ0v) is 10.2. The first kappa shape index (κ1) is 11.3. The van der Waals surface area contributed by atoms with Gasteiger partial charge in [0.25, 0.3) is 0 Å². The van der Waals surface area contributed by atoms with Crippen molar-refractivity contribution in [1.29, 1.82) is 0 Å². The fourth-order valence-electron chi connectivity index (χ4n) is 2.10. The molecule has 3 heteroatoms. The molecule has 1 aliphatic heterocycles. The number of nitrogens with one attached hydrogen (secondary N) is 1. The van der Waals surface area contributed by atoms with Gasteiger partial charge in [0.15, 0.2) is 0 Å². The van der Waals surface area contributed by atoms with E-state index >= 15 is 0 Å². The van der Waals surface area contributed by atoms with Gasteiger partial charge in [0.05, 0.1) is 11.7 Å². The van der Waals surface area contributed by atoms with Gasteiger partial charge in [-0.2, -0.15) is 5.53 Å². The molecule has 3 nitrogen and oxygen atoms in total. The van der Waals surface area contributed by atoms with Crippen LogP contribution in [0.5, 0.6) is 0 Å². The van der Waals surface area contributed by atoms with Crippen LogP contribution in [0.2, 0.25) is 0 Å². The highest BCUT2D eigenvalue weighted by Gasteiger charge is 2.30. The Morgan fingerprint density at radius 3 is 2.22 bits per heavy atom. The molecule has 0 spiro atoms. The third kappa shape index (κ3) is 2.10. The van der Waals surface area contributed by atoms with E-state index < -0.39 is 0 Å². The number of hydrogen-bond donors (Lipinski definition) is 1. The second-order valence-electron chi connectivity index (χ2n) is 4.32. The predicted molar refractivity (Wildman–Crippen MR) is 72.2 cm³/mol. The molecule has 1 aliphatic rings. The van der Waals surface area contributed by atoms with Crippen LogP contribution in [-0.2, 0) is 0 Å². The minimum atomic E-state index is 0.131. The van der Waals surface area contributed by atoms with Crippen molar-refractivity contribution in [1.82, 2.24) is 10.5 Å². The summed E-state index contributed by atoms with van der Waals surface area (Å²) in [6.45, 7) is 3.42. The lowest BCUT2D eigenvalue weighted by molar-refractivity contribution is 0.244. The topological polar surface area (TPSA) is 18.5 Å². The first-order valence-corrected chi connectivity index (χ1v) is 6.00. The normalized spacial score (nSPS) is 20.3. The van der Waals surface area contributed by atoms with Crippen molar-refractivity contribution in [2.75, 3.05) is 12.1 Å². The van der Waals surface area contributed by atoms with E-state index in [1.807, 2.05) is 41.3 Å². The van der Waals surface area contributed by atoms with E-state index in [2.05, 4.69) is 48.5 Å². The molecule has 0 aromatic heterocycles. The number of anilines is 1. The summed E-state index contributed by atoms with van der Waals surface area (Å²) in [5.74, 6) is 0. The number of nitrogens with zero attached hydrogens (tertiary/aromatic N) is 2. The molecule has 1 heterocycles. The Morgan fingerprint density at radius 2 is 1.56 bits per heavy atom. The maximum absolute atomic E-state index is 3.42. The second-order valence-corrected chi connectivity index (χ2v) is 4.32. The number of benzene rings is 2. The van der Waals surface area contributed by atoms with Crippen molar-refractivity contribution in [3.63, 3.8) is 0 Å². The van der Waals surface area contributed by atoms with Crippen LogP contribution in [0.3, 0.4) is 0 Å². The van der Waals surface area contributed by atoms with Gasteiger partial charge in [-0.25, -0.2) is 5.01 Å². The van der Waals surface area contributed by atoms with E-state index in [9.17, 15) is 0 Å². The molecule has 18 heavy (non-hydrogen) atoms. The number of para-hydroxylation sites is 1. The Bertz CT molecular complexity index is 498. The summed E-state index contributed by atoms with van der Waals surface area (Å²) in [5.41, 5.74) is 5.59. The molecule has 2 radical (unpaired) electrons. The first-order valence-electron chi connectivity index (χ1n) is 6.00. The molecule has 1 saturated heterocycles. The minimum absolute atomic E-state index is 0.131. The summed E-state index contributed by atoms with van der Waals surface area (Å²) >= 11 is 0. The van der Waals surface area contributed by atoms with Crippen LogP contribution < -0.4 is 10.5 Å². The summed E-state index contributed by atoms with van der Waals surface area (Å²) in [5, 5.41) is 3.97. The highest BCUT2D eigenvalue weighted by molar-refractivity contribution is 5.48. The first-order chi connectivity index (χ1) is 8.84. The Hall–Kier alpha value is -1.84. The van der Waals surface area contributed by atoms with Gasteiger partial charge in [0.2, 0.25) is 0 Å². The molecule has 3 rings (SSSR count).